The molecule has 39 heavy (non-hydrogen) atoms. The minimum atomic E-state index is -1.16. The highest BCUT2D eigenvalue weighted by atomic mass is 16.4. The van der Waals surface area contributed by atoms with Gasteiger partial charge in [0, 0.05) is 18.9 Å². The van der Waals surface area contributed by atoms with Gasteiger partial charge in [-0.3, -0.25) is 19.2 Å². The average Bonchev–Trinajstić information content (AvgIpc) is 2.83. The lowest BCUT2D eigenvalue weighted by atomic mass is 9.33. The monoisotopic (exact) mass is 541 g/mol. The predicted octanol–water partition coefficient (Wildman–Crippen LogP) is 5.62. The summed E-state index contributed by atoms with van der Waals surface area (Å²) < 4.78 is 0. The molecule has 4 saturated carbocycles. The van der Waals surface area contributed by atoms with E-state index in [1.165, 1.54) is 6.92 Å². The Morgan fingerprint density at radius 3 is 2.10 bits per heavy atom. The first-order valence-electron chi connectivity index (χ1n) is 14.9. The average molecular weight is 542 g/mol. The Bertz CT molecular complexity index is 1180. The van der Waals surface area contributed by atoms with Gasteiger partial charge >= 0.3 is 11.9 Å². The van der Waals surface area contributed by atoms with Crippen molar-refractivity contribution in [3.8, 4) is 0 Å². The van der Waals surface area contributed by atoms with E-state index >= 15 is 0 Å². The van der Waals surface area contributed by atoms with Gasteiger partial charge in [-0.1, -0.05) is 33.3 Å². The first-order valence-corrected chi connectivity index (χ1v) is 14.9. The van der Waals surface area contributed by atoms with Gasteiger partial charge in [-0.25, -0.2) is 0 Å². The van der Waals surface area contributed by atoms with Gasteiger partial charge < -0.3 is 15.5 Å². The number of hydrogen-bond donors (Lipinski definition) is 3. The van der Waals surface area contributed by atoms with Gasteiger partial charge in [0.2, 0.25) is 5.91 Å². The van der Waals surface area contributed by atoms with E-state index in [1.807, 2.05) is 13.0 Å². The van der Waals surface area contributed by atoms with Crippen LogP contribution in [0.5, 0.6) is 0 Å². The van der Waals surface area contributed by atoms with Crippen molar-refractivity contribution >= 4 is 23.6 Å². The van der Waals surface area contributed by atoms with Gasteiger partial charge in [0.15, 0.2) is 5.78 Å². The van der Waals surface area contributed by atoms with Crippen LogP contribution in [-0.2, 0) is 19.2 Å². The number of aliphatic carboxylic acids is 2. The molecular weight excluding hydrogens is 494 g/mol. The van der Waals surface area contributed by atoms with Crippen molar-refractivity contribution < 1.29 is 29.4 Å². The first-order chi connectivity index (χ1) is 17.9. The molecule has 0 aromatic heterocycles. The largest absolute Gasteiger partial charge is 0.481 e. The Labute approximate surface area is 232 Å². The Morgan fingerprint density at radius 1 is 0.872 bits per heavy atom. The van der Waals surface area contributed by atoms with Gasteiger partial charge in [-0.15, -0.1) is 0 Å². The van der Waals surface area contributed by atoms with E-state index in [0.717, 1.165) is 31.3 Å². The Balaban J connectivity index is 1.61. The number of carboxylic acid groups (broad SMARTS) is 2. The molecule has 0 radical (unpaired) electrons. The molecule has 3 N–H and O–H groups in total. The standard InChI is InChI=1S/C32H47NO6/c1-18(34)33-23-9-10-29(4)22(32(23,7)26(38)39)8-11-31(6)24(29)21(35)16-19-20-17-28(3,25(36)37)13-12-27(20,2)14-15-30(19,31)5/h16,20,22-24H,8-15,17H2,1-7H3,(H,33,34)(H,36,37)(H,38,39)/t20-,22+,23-,24+,27+,28-,29-,30+,31+,32-/m0/s1. The number of fused-ring (bicyclic) bond motifs is 7. The van der Waals surface area contributed by atoms with Gasteiger partial charge in [-0.2, -0.15) is 0 Å². The smallest absolute Gasteiger partial charge is 0.311 e. The summed E-state index contributed by atoms with van der Waals surface area (Å²) in [5, 5.41) is 23.6. The Hall–Kier alpha value is -2.18. The predicted molar refractivity (Wildman–Crippen MR) is 147 cm³/mol. The maximum absolute atomic E-state index is 14.4. The molecule has 4 fully saturated rings. The third-order valence-corrected chi connectivity index (χ3v) is 13.6. The van der Waals surface area contributed by atoms with Crippen LogP contribution in [0.15, 0.2) is 11.6 Å². The molecule has 7 heteroatoms. The number of hydrogen-bond acceptors (Lipinski definition) is 4. The Morgan fingerprint density at radius 2 is 1.51 bits per heavy atom. The highest BCUT2D eigenvalue weighted by Crippen LogP contribution is 2.75. The van der Waals surface area contributed by atoms with E-state index in [4.69, 9.17) is 0 Å². The maximum Gasteiger partial charge on any atom is 0.311 e. The topological polar surface area (TPSA) is 121 Å². The lowest BCUT2D eigenvalue weighted by Gasteiger charge is -2.70. The summed E-state index contributed by atoms with van der Waals surface area (Å²) in [5.74, 6) is -2.29. The van der Waals surface area contributed by atoms with Gasteiger partial charge in [0.05, 0.1) is 10.8 Å². The number of carbonyl (C=O) groups is 4. The fraction of sp³-hybridized carbons (Fsp3) is 0.812. The lowest BCUT2D eigenvalue weighted by molar-refractivity contribution is -0.201. The first kappa shape index (κ1) is 28.4. The molecule has 0 aromatic carbocycles. The van der Waals surface area contributed by atoms with Gasteiger partial charge in [-0.05, 0) is 111 Å². The minimum absolute atomic E-state index is 0.0107. The van der Waals surface area contributed by atoms with E-state index in [-0.39, 0.29) is 45.7 Å². The summed E-state index contributed by atoms with van der Waals surface area (Å²) in [6, 6.07) is -0.471. The quantitative estimate of drug-likeness (QED) is 0.426. The number of nitrogens with one attached hydrogen (secondary N) is 1. The van der Waals surface area contributed by atoms with Crippen molar-refractivity contribution in [1.29, 1.82) is 0 Å². The highest BCUT2D eigenvalue weighted by molar-refractivity contribution is 5.96. The second-order valence-corrected chi connectivity index (χ2v) is 15.4. The Kier molecular flexibility index (Phi) is 6.12. The van der Waals surface area contributed by atoms with E-state index in [0.29, 0.717) is 32.1 Å². The zero-order chi connectivity index (χ0) is 29.0. The third-order valence-electron chi connectivity index (χ3n) is 13.6. The molecule has 0 heterocycles. The summed E-state index contributed by atoms with van der Waals surface area (Å²) in [7, 11) is 0. The molecule has 1 amide bonds. The molecule has 7 nitrogen and oxygen atoms in total. The molecular formula is C32H47NO6. The number of amides is 1. The van der Waals surface area contributed by atoms with Gasteiger partial charge in [0.1, 0.15) is 0 Å². The van der Waals surface area contributed by atoms with Crippen molar-refractivity contribution in [2.24, 2.45) is 50.2 Å². The molecule has 0 unspecified atom stereocenters. The summed E-state index contributed by atoms with van der Waals surface area (Å²) in [6.45, 7) is 14.1. The zero-order valence-corrected chi connectivity index (χ0v) is 24.8. The highest BCUT2D eigenvalue weighted by Gasteiger charge is 2.72. The van der Waals surface area contributed by atoms with Crippen LogP contribution < -0.4 is 5.32 Å². The molecule has 10 atom stereocenters. The molecule has 0 aliphatic heterocycles. The summed E-state index contributed by atoms with van der Waals surface area (Å²) >= 11 is 0. The molecule has 5 aliphatic carbocycles. The van der Waals surface area contributed by atoms with Crippen LogP contribution in [-0.4, -0.2) is 39.9 Å². The van der Waals surface area contributed by atoms with Crippen molar-refractivity contribution in [1.82, 2.24) is 5.32 Å². The minimum Gasteiger partial charge on any atom is -0.481 e. The molecule has 0 spiro atoms. The van der Waals surface area contributed by atoms with Crippen molar-refractivity contribution in [2.75, 3.05) is 0 Å². The summed E-state index contributed by atoms with van der Waals surface area (Å²) in [5.41, 5.74) is -1.93. The van der Waals surface area contributed by atoms with E-state index in [1.54, 1.807) is 6.92 Å². The zero-order valence-electron chi connectivity index (χ0n) is 24.8. The SMILES string of the molecule is CC(=O)N[C@H]1CC[C@@]2(C)[C@@H](CC[C@]3(C)[C@@H]2C(=O)C=C2[C@@H]4C[C@@](C)(C(=O)O)CC[C@]4(C)CC[C@]23C)[C@]1(C)C(=O)O. The van der Waals surface area contributed by atoms with Crippen LogP contribution in [0, 0.1) is 50.2 Å². The molecule has 216 valence electrons. The van der Waals surface area contributed by atoms with Crippen LogP contribution in [0.2, 0.25) is 0 Å². The number of carboxylic acids is 2. The van der Waals surface area contributed by atoms with Crippen molar-refractivity contribution in [3.63, 3.8) is 0 Å². The summed E-state index contributed by atoms with van der Waals surface area (Å²) in [6.07, 6.45) is 8.59. The second-order valence-electron chi connectivity index (χ2n) is 15.4. The second kappa shape index (κ2) is 8.42. The van der Waals surface area contributed by atoms with Crippen LogP contribution in [0.4, 0.5) is 0 Å². The number of rotatable bonds is 3. The van der Waals surface area contributed by atoms with Crippen LogP contribution in [0.1, 0.15) is 106 Å². The fourth-order valence-corrected chi connectivity index (χ4v) is 10.8. The van der Waals surface area contributed by atoms with Crippen molar-refractivity contribution in [2.45, 2.75) is 112 Å². The van der Waals surface area contributed by atoms with Crippen LogP contribution >= 0.6 is 0 Å². The maximum atomic E-state index is 14.4. The number of allylic oxidation sites excluding steroid dienone is 2. The van der Waals surface area contributed by atoms with Crippen molar-refractivity contribution in [3.05, 3.63) is 11.6 Å². The fourth-order valence-electron chi connectivity index (χ4n) is 10.8. The number of carbonyl (C=O) groups excluding carboxylic acids is 2. The normalized spacial score (nSPS) is 50.8. The van der Waals surface area contributed by atoms with E-state index in [9.17, 15) is 29.4 Å². The van der Waals surface area contributed by atoms with Crippen LogP contribution in [0.3, 0.4) is 0 Å². The molecule has 5 rings (SSSR count). The van der Waals surface area contributed by atoms with Crippen LogP contribution in [0.25, 0.3) is 0 Å². The molecule has 5 aliphatic rings. The molecule has 0 aromatic rings. The van der Waals surface area contributed by atoms with E-state index < -0.39 is 34.2 Å². The summed E-state index contributed by atoms with van der Waals surface area (Å²) in [4.78, 5) is 51.6. The lowest BCUT2D eigenvalue weighted by Crippen LogP contribution is -2.69. The third kappa shape index (κ3) is 3.52. The van der Waals surface area contributed by atoms with Gasteiger partial charge in [0.25, 0.3) is 0 Å². The molecule has 0 saturated heterocycles. The van der Waals surface area contributed by atoms with E-state index in [2.05, 4.69) is 33.0 Å². The number of ketones is 1. The molecule has 0 bridgehead atoms.